The Bertz CT molecular complexity index is 1090. The Morgan fingerprint density at radius 1 is 1.03 bits per heavy atom. The van der Waals surface area contributed by atoms with Gasteiger partial charge in [0.25, 0.3) is 11.8 Å². The first-order chi connectivity index (χ1) is 17.3. The van der Waals surface area contributed by atoms with E-state index in [0.717, 1.165) is 36.3 Å². The predicted octanol–water partition coefficient (Wildman–Crippen LogP) is 2.57. The van der Waals surface area contributed by atoms with Crippen molar-refractivity contribution in [2.45, 2.75) is 31.5 Å². The molecule has 10 heteroatoms. The molecule has 0 bridgehead atoms. The number of hydrogen-bond donors (Lipinski definition) is 1. The van der Waals surface area contributed by atoms with Crippen LogP contribution < -0.4 is 5.32 Å². The van der Waals surface area contributed by atoms with Gasteiger partial charge in [0, 0.05) is 55.0 Å². The van der Waals surface area contributed by atoms with E-state index in [1.54, 1.807) is 0 Å². The van der Waals surface area contributed by atoms with Crippen LogP contribution in [0.25, 0.3) is 10.1 Å². The number of carbonyl (C=O) groups excluding carboxylic acids is 2. The fourth-order valence-corrected chi connectivity index (χ4v) is 6.87. The fourth-order valence-electron chi connectivity index (χ4n) is 5.64. The Balaban J connectivity index is 1.30. The monoisotopic (exact) mass is 533 g/mol. The van der Waals surface area contributed by atoms with E-state index < -0.39 is 5.66 Å². The molecule has 196 valence electrons. The molecule has 0 radical (unpaired) electrons. The standard InChI is InChI=1S/C26H36ClN5O3S/c1-26(32-13-15-35-16-14-32,28-24(33)23-17-19-3-4-20(27)18-22(19)36-23)25(34)31-11-9-30(10-12-31)21-5-7-29(2)8-6-21/h3-4,17-18,21H,5-16H2,1-2H3,(H,28,33)/t26-/m1/s1. The molecule has 1 aromatic heterocycles. The Morgan fingerprint density at radius 3 is 2.42 bits per heavy atom. The number of halogens is 1. The minimum Gasteiger partial charge on any atom is -0.379 e. The number of hydrogen-bond acceptors (Lipinski definition) is 7. The summed E-state index contributed by atoms with van der Waals surface area (Å²) >= 11 is 7.54. The van der Waals surface area contributed by atoms with Crippen molar-refractivity contribution in [3.63, 3.8) is 0 Å². The summed E-state index contributed by atoms with van der Waals surface area (Å²) in [6.07, 6.45) is 2.37. The molecule has 3 fully saturated rings. The first-order valence-electron chi connectivity index (χ1n) is 12.9. The molecule has 3 aliphatic rings. The highest BCUT2D eigenvalue weighted by Gasteiger charge is 2.45. The van der Waals surface area contributed by atoms with Gasteiger partial charge in [0.15, 0.2) is 5.66 Å². The lowest BCUT2D eigenvalue weighted by atomic mass is 10.0. The molecule has 2 aromatic rings. The number of amides is 2. The molecule has 3 aliphatic heterocycles. The van der Waals surface area contributed by atoms with E-state index in [4.69, 9.17) is 16.3 Å². The van der Waals surface area contributed by atoms with Crippen molar-refractivity contribution in [1.29, 1.82) is 0 Å². The maximum atomic E-state index is 14.0. The van der Waals surface area contributed by atoms with Gasteiger partial charge in [0.2, 0.25) is 0 Å². The largest absolute Gasteiger partial charge is 0.379 e. The highest BCUT2D eigenvalue weighted by molar-refractivity contribution is 7.20. The molecular weight excluding hydrogens is 498 g/mol. The summed E-state index contributed by atoms with van der Waals surface area (Å²) in [4.78, 5) is 37.0. The Labute approximate surface area is 222 Å². The van der Waals surface area contributed by atoms with E-state index in [1.807, 2.05) is 36.1 Å². The maximum absolute atomic E-state index is 14.0. The molecule has 2 amide bonds. The van der Waals surface area contributed by atoms with Crippen LogP contribution in [0, 0.1) is 0 Å². The summed E-state index contributed by atoms with van der Waals surface area (Å²) in [5, 5.41) is 4.74. The van der Waals surface area contributed by atoms with Gasteiger partial charge in [-0.15, -0.1) is 11.3 Å². The smallest absolute Gasteiger partial charge is 0.263 e. The van der Waals surface area contributed by atoms with Crippen LogP contribution in [0.1, 0.15) is 29.4 Å². The van der Waals surface area contributed by atoms with Gasteiger partial charge in [-0.1, -0.05) is 17.7 Å². The van der Waals surface area contributed by atoms with Gasteiger partial charge in [-0.3, -0.25) is 19.4 Å². The molecule has 8 nitrogen and oxygen atoms in total. The number of nitrogens with one attached hydrogen (secondary N) is 1. The quantitative estimate of drug-likeness (QED) is 0.637. The highest BCUT2D eigenvalue weighted by Crippen LogP contribution is 2.29. The number of benzene rings is 1. The van der Waals surface area contributed by atoms with E-state index in [1.165, 1.54) is 24.2 Å². The van der Waals surface area contributed by atoms with E-state index in [2.05, 4.69) is 27.1 Å². The number of piperidine rings is 1. The van der Waals surface area contributed by atoms with Crippen molar-refractivity contribution in [3.8, 4) is 0 Å². The number of fused-ring (bicyclic) bond motifs is 1. The summed E-state index contributed by atoms with van der Waals surface area (Å²) in [6, 6.07) is 8.08. The van der Waals surface area contributed by atoms with E-state index >= 15 is 0 Å². The van der Waals surface area contributed by atoms with Crippen molar-refractivity contribution in [2.75, 3.05) is 72.6 Å². The molecule has 0 spiro atoms. The Hall–Kier alpha value is -1.75. The number of morpholine rings is 1. The third-order valence-corrected chi connectivity index (χ3v) is 9.26. The van der Waals surface area contributed by atoms with Crippen LogP contribution in [0.5, 0.6) is 0 Å². The Morgan fingerprint density at radius 2 is 1.72 bits per heavy atom. The van der Waals surface area contributed by atoms with Crippen LogP contribution in [-0.4, -0.2) is 116 Å². The summed E-state index contributed by atoms with van der Waals surface area (Å²) in [7, 11) is 2.18. The van der Waals surface area contributed by atoms with Crippen LogP contribution in [-0.2, 0) is 9.53 Å². The third kappa shape index (κ3) is 5.42. The topological polar surface area (TPSA) is 68.4 Å². The average molecular weight is 534 g/mol. The number of nitrogens with zero attached hydrogens (tertiary/aromatic N) is 4. The van der Waals surface area contributed by atoms with Gasteiger partial charge in [-0.05, 0) is 63.5 Å². The average Bonchev–Trinajstić information content (AvgIpc) is 3.33. The first-order valence-corrected chi connectivity index (χ1v) is 14.1. The van der Waals surface area contributed by atoms with Crippen molar-refractivity contribution >= 4 is 44.8 Å². The SMILES string of the molecule is CN1CCC(N2CCN(C(=O)[C@](C)(NC(=O)c3cc4ccc(Cl)cc4s3)N3CCOCC3)CC2)CC1. The van der Waals surface area contributed by atoms with Gasteiger partial charge >= 0.3 is 0 Å². The summed E-state index contributed by atoms with van der Waals surface area (Å²) in [5.74, 6) is -0.274. The molecule has 0 aliphatic carbocycles. The number of ether oxygens (including phenoxy) is 1. The molecule has 36 heavy (non-hydrogen) atoms. The lowest BCUT2D eigenvalue weighted by Gasteiger charge is -2.47. The number of carbonyl (C=O) groups is 2. The minimum atomic E-state index is -1.13. The molecule has 5 rings (SSSR count). The third-order valence-electron chi connectivity index (χ3n) is 7.93. The van der Waals surface area contributed by atoms with Gasteiger partial charge in [-0.25, -0.2) is 0 Å². The lowest BCUT2D eigenvalue weighted by molar-refractivity contribution is -0.151. The predicted molar refractivity (Wildman–Crippen MR) is 144 cm³/mol. The number of thiophene rings is 1. The second-order valence-electron chi connectivity index (χ2n) is 10.3. The number of piperazine rings is 1. The Kier molecular flexibility index (Phi) is 7.86. The summed E-state index contributed by atoms with van der Waals surface area (Å²) in [6.45, 7) is 9.53. The molecule has 1 aromatic carbocycles. The van der Waals surface area contributed by atoms with Crippen LogP contribution in [0.3, 0.4) is 0 Å². The van der Waals surface area contributed by atoms with E-state index in [9.17, 15) is 9.59 Å². The zero-order valence-corrected chi connectivity index (χ0v) is 22.7. The molecule has 4 heterocycles. The van der Waals surface area contributed by atoms with Crippen molar-refractivity contribution in [1.82, 2.24) is 24.9 Å². The molecule has 0 saturated carbocycles. The van der Waals surface area contributed by atoms with Gasteiger partial charge < -0.3 is 19.9 Å². The summed E-state index contributed by atoms with van der Waals surface area (Å²) < 4.78 is 6.51. The normalized spacial score (nSPS) is 23.0. The summed E-state index contributed by atoms with van der Waals surface area (Å²) in [5.41, 5.74) is -1.13. The minimum absolute atomic E-state index is 0.0371. The van der Waals surface area contributed by atoms with Gasteiger partial charge in [-0.2, -0.15) is 0 Å². The van der Waals surface area contributed by atoms with Crippen LogP contribution in [0.4, 0.5) is 0 Å². The van der Waals surface area contributed by atoms with Crippen molar-refractivity contribution in [2.24, 2.45) is 0 Å². The second kappa shape index (κ2) is 10.9. The maximum Gasteiger partial charge on any atom is 0.263 e. The van der Waals surface area contributed by atoms with E-state index in [0.29, 0.717) is 55.3 Å². The highest BCUT2D eigenvalue weighted by atomic mass is 35.5. The number of likely N-dealkylation sites (tertiary alicyclic amines) is 1. The molecule has 1 atom stereocenters. The van der Waals surface area contributed by atoms with E-state index in [-0.39, 0.29) is 11.8 Å². The zero-order valence-electron chi connectivity index (χ0n) is 21.2. The molecular formula is C26H36ClN5O3S. The number of rotatable bonds is 5. The zero-order chi connectivity index (χ0) is 25.3. The van der Waals surface area contributed by atoms with Crippen LogP contribution in [0.2, 0.25) is 5.02 Å². The first kappa shape index (κ1) is 25.9. The van der Waals surface area contributed by atoms with Gasteiger partial charge in [0.05, 0.1) is 18.1 Å². The molecule has 1 N–H and O–H groups in total. The van der Waals surface area contributed by atoms with Crippen molar-refractivity contribution in [3.05, 3.63) is 34.2 Å². The van der Waals surface area contributed by atoms with Gasteiger partial charge in [0.1, 0.15) is 0 Å². The second-order valence-corrected chi connectivity index (χ2v) is 11.8. The lowest BCUT2D eigenvalue weighted by Crippen LogP contribution is -2.70. The molecule has 0 unspecified atom stereocenters. The molecule has 3 saturated heterocycles. The van der Waals surface area contributed by atoms with Crippen LogP contribution in [0.15, 0.2) is 24.3 Å². The fraction of sp³-hybridized carbons (Fsp3) is 0.615. The van der Waals surface area contributed by atoms with Crippen LogP contribution >= 0.6 is 22.9 Å². The van der Waals surface area contributed by atoms with Crippen molar-refractivity contribution < 1.29 is 14.3 Å².